The Hall–Kier alpha value is -2.85. The Morgan fingerprint density at radius 2 is 1.89 bits per heavy atom. The van der Waals surface area contributed by atoms with Crippen LogP contribution < -0.4 is 10.2 Å². The van der Waals surface area contributed by atoms with E-state index in [4.69, 9.17) is 11.6 Å². The number of benzene rings is 2. The molecular weight excluding hydrogens is 358 g/mol. The van der Waals surface area contributed by atoms with Crippen molar-refractivity contribution in [3.63, 3.8) is 0 Å². The van der Waals surface area contributed by atoms with Crippen LogP contribution in [0.25, 0.3) is 0 Å². The number of anilines is 2. The standard InChI is InChI=1S/C22H22ClN3O/c1-3-26(20-6-4-5-16(2)13-20)22(27)21-14-19(11-12-24-21)25-15-17-7-9-18(23)10-8-17/h4-14H,3,15H2,1-2H3,(H,24,25). The van der Waals surface area contributed by atoms with Crippen molar-refractivity contribution in [1.82, 2.24) is 4.98 Å². The Kier molecular flexibility index (Phi) is 6.09. The Labute approximate surface area is 164 Å². The highest BCUT2D eigenvalue weighted by molar-refractivity contribution is 6.30. The Balaban J connectivity index is 1.75. The van der Waals surface area contributed by atoms with Gasteiger partial charge in [-0.1, -0.05) is 35.9 Å². The van der Waals surface area contributed by atoms with Gasteiger partial charge in [0.25, 0.3) is 5.91 Å². The summed E-state index contributed by atoms with van der Waals surface area (Å²) >= 11 is 5.92. The summed E-state index contributed by atoms with van der Waals surface area (Å²) in [4.78, 5) is 19.0. The third-order valence-corrected chi connectivity index (χ3v) is 4.52. The van der Waals surface area contributed by atoms with Crippen LogP contribution in [0.5, 0.6) is 0 Å². The number of aromatic nitrogens is 1. The lowest BCUT2D eigenvalue weighted by atomic mass is 10.2. The van der Waals surface area contributed by atoms with Gasteiger partial charge in [-0.2, -0.15) is 0 Å². The third-order valence-electron chi connectivity index (χ3n) is 4.26. The van der Waals surface area contributed by atoms with Crippen LogP contribution in [0.3, 0.4) is 0 Å². The van der Waals surface area contributed by atoms with E-state index in [1.807, 2.05) is 68.4 Å². The molecule has 0 spiro atoms. The maximum Gasteiger partial charge on any atom is 0.276 e. The first-order valence-electron chi connectivity index (χ1n) is 8.89. The van der Waals surface area contributed by atoms with Crippen molar-refractivity contribution in [1.29, 1.82) is 0 Å². The van der Waals surface area contributed by atoms with Gasteiger partial charge in [-0.15, -0.1) is 0 Å². The van der Waals surface area contributed by atoms with E-state index >= 15 is 0 Å². The van der Waals surface area contributed by atoms with Gasteiger partial charge in [0, 0.05) is 35.7 Å². The molecule has 0 bridgehead atoms. The molecule has 1 amide bonds. The maximum atomic E-state index is 13.0. The number of nitrogens with one attached hydrogen (secondary N) is 1. The first-order valence-corrected chi connectivity index (χ1v) is 9.27. The quantitative estimate of drug-likeness (QED) is 0.630. The molecular formula is C22H22ClN3O. The zero-order valence-electron chi connectivity index (χ0n) is 15.4. The van der Waals surface area contributed by atoms with Crippen LogP contribution in [0, 0.1) is 6.92 Å². The molecule has 0 saturated heterocycles. The summed E-state index contributed by atoms with van der Waals surface area (Å²) in [5.41, 5.74) is 4.37. The van der Waals surface area contributed by atoms with Crippen LogP contribution >= 0.6 is 11.6 Å². The van der Waals surface area contributed by atoms with Crippen molar-refractivity contribution in [2.75, 3.05) is 16.8 Å². The topological polar surface area (TPSA) is 45.2 Å². The number of pyridine rings is 1. The van der Waals surface area contributed by atoms with Crippen molar-refractivity contribution < 1.29 is 4.79 Å². The average molecular weight is 380 g/mol. The Morgan fingerprint density at radius 1 is 1.11 bits per heavy atom. The first-order chi connectivity index (χ1) is 13.1. The maximum absolute atomic E-state index is 13.0. The van der Waals surface area contributed by atoms with Gasteiger partial charge in [-0.25, -0.2) is 0 Å². The van der Waals surface area contributed by atoms with E-state index in [1.165, 1.54) is 0 Å². The van der Waals surface area contributed by atoms with E-state index in [9.17, 15) is 4.79 Å². The van der Waals surface area contributed by atoms with Crippen LogP contribution in [0.4, 0.5) is 11.4 Å². The Morgan fingerprint density at radius 3 is 2.59 bits per heavy atom. The largest absolute Gasteiger partial charge is 0.381 e. The Bertz CT molecular complexity index is 925. The molecule has 0 radical (unpaired) electrons. The molecule has 1 aromatic heterocycles. The van der Waals surface area contributed by atoms with E-state index in [1.54, 1.807) is 17.2 Å². The predicted octanol–water partition coefficient (Wildman–Crippen LogP) is 5.32. The molecule has 0 unspecified atom stereocenters. The van der Waals surface area contributed by atoms with Crippen LogP contribution in [0.2, 0.25) is 5.02 Å². The van der Waals surface area contributed by atoms with Gasteiger partial charge in [0.05, 0.1) is 0 Å². The fraction of sp³-hybridized carbons (Fsp3) is 0.182. The number of amides is 1. The number of rotatable bonds is 6. The number of aryl methyl sites for hydroxylation is 1. The minimum Gasteiger partial charge on any atom is -0.381 e. The van der Waals surface area contributed by atoms with Crippen molar-refractivity contribution in [2.45, 2.75) is 20.4 Å². The molecule has 2 aromatic carbocycles. The van der Waals surface area contributed by atoms with Gasteiger partial charge in [-0.05, 0) is 61.4 Å². The van der Waals surface area contributed by atoms with Gasteiger partial charge < -0.3 is 10.2 Å². The first kappa shape index (κ1) is 18.9. The van der Waals surface area contributed by atoms with Gasteiger partial charge in [0.15, 0.2) is 0 Å². The molecule has 1 N–H and O–H groups in total. The highest BCUT2D eigenvalue weighted by Gasteiger charge is 2.17. The molecule has 1 heterocycles. The van der Waals surface area contributed by atoms with Crippen LogP contribution in [-0.4, -0.2) is 17.4 Å². The number of halogens is 1. The van der Waals surface area contributed by atoms with Crippen molar-refractivity contribution in [2.24, 2.45) is 0 Å². The monoisotopic (exact) mass is 379 g/mol. The second kappa shape index (κ2) is 8.69. The van der Waals surface area contributed by atoms with Gasteiger partial charge >= 0.3 is 0 Å². The van der Waals surface area contributed by atoms with Crippen molar-refractivity contribution >= 4 is 28.9 Å². The molecule has 3 aromatic rings. The minimum atomic E-state index is -0.113. The van der Waals surface area contributed by atoms with Gasteiger partial charge in [0.2, 0.25) is 0 Å². The number of hydrogen-bond donors (Lipinski definition) is 1. The normalized spacial score (nSPS) is 10.5. The summed E-state index contributed by atoms with van der Waals surface area (Å²) in [6.45, 7) is 5.20. The molecule has 0 aliphatic carbocycles. The average Bonchev–Trinajstić information content (AvgIpc) is 2.68. The fourth-order valence-corrected chi connectivity index (χ4v) is 2.97. The second-order valence-electron chi connectivity index (χ2n) is 6.30. The highest BCUT2D eigenvalue weighted by atomic mass is 35.5. The SMILES string of the molecule is CCN(C(=O)c1cc(NCc2ccc(Cl)cc2)ccn1)c1cccc(C)c1. The van der Waals surface area contributed by atoms with E-state index < -0.39 is 0 Å². The molecule has 0 fully saturated rings. The molecule has 5 heteroatoms. The van der Waals surface area contributed by atoms with Crippen LogP contribution in [0.1, 0.15) is 28.5 Å². The number of carbonyl (C=O) groups is 1. The molecule has 0 atom stereocenters. The number of hydrogen-bond acceptors (Lipinski definition) is 3. The predicted molar refractivity (Wildman–Crippen MR) is 112 cm³/mol. The molecule has 3 rings (SSSR count). The van der Waals surface area contributed by atoms with Gasteiger partial charge in [-0.3, -0.25) is 9.78 Å². The van der Waals surface area contributed by atoms with E-state index in [0.29, 0.717) is 23.8 Å². The summed E-state index contributed by atoms with van der Waals surface area (Å²) in [5, 5.41) is 4.04. The molecule has 4 nitrogen and oxygen atoms in total. The van der Waals surface area contributed by atoms with E-state index in [2.05, 4.69) is 10.3 Å². The molecule has 0 saturated carbocycles. The molecule has 27 heavy (non-hydrogen) atoms. The minimum absolute atomic E-state index is 0.113. The fourth-order valence-electron chi connectivity index (χ4n) is 2.84. The lowest BCUT2D eigenvalue weighted by molar-refractivity contribution is 0.0983. The lowest BCUT2D eigenvalue weighted by Crippen LogP contribution is -2.31. The zero-order chi connectivity index (χ0) is 19.2. The lowest BCUT2D eigenvalue weighted by Gasteiger charge is -2.21. The summed E-state index contributed by atoms with van der Waals surface area (Å²) in [6.07, 6.45) is 1.65. The number of nitrogens with zero attached hydrogens (tertiary/aromatic N) is 2. The van der Waals surface area contributed by atoms with Crippen LogP contribution in [0.15, 0.2) is 66.9 Å². The summed E-state index contributed by atoms with van der Waals surface area (Å²) in [6, 6.07) is 19.2. The number of carbonyl (C=O) groups excluding carboxylic acids is 1. The van der Waals surface area contributed by atoms with E-state index in [-0.39, 0.29) is 5.91 Å². The molecule has 0 aliphatic heterocycles. The summed E-state index contributed by atoms with van der Waals surface area (Å²) < 4.78 is 0. The van der Waals surface area contributed by atoms with Crippen molar-refractivity contribution in [3.05, 3.63) is 88.7 Å². The van der Waals surface area contributed by atoms with Crippen molar-refractivity contribution in [3.8, 4) is 0 Å². The molecule has 138 valence electrons. The highest BCUT2D eigenvalue weighted by Crippen LogP contribution is 2.19. The molecule has 0 aliphatic rings. The summed E-state index contributed by atoms with van der Waals surface area (Å²) in [5.74, 6) is -0.113. The van der Waals surface area contributed by atoms with Crippen LogP contribution in [-0.2, 0) is 6.54 Å². The smallest absolute Gasteiger partial charge is 0.276 e. The third kappa shape index (κ3) is 4.86. The van der Waals surface area contributed by atoms with E-state index in [0.717, 1.165) is 22.5 Å². The zero-order valence-corrected chi connectivity index (χ0v) is 16.2. The second-order valence-corrected chi connectivity index (χ2v) is 6.73. The summed E-state index contributed by atoms with van der Waals surface area (Å²) in [7, 11) is 0. The van der Waals surface area contributed by atoms with Gasteiger partial charge in [0.1, 0.15) is 5.69 Å².